The van der Waals surface area contributed by atoms with Crippen molar-refractivity contribution in [3.8, 4) is 17.5 Å². The van der Waals surface area contributed by atoms with E-state index in [0.717, 1.165) is 17.0 Å². The van der Waals surface area contributed by atoms with Crippen LogP contribution in [0.3, 0.4) is 0 Å². The fraction of sp³-hybridized carbons (Fsp3) is 0.357. The average Bonchev–Trinajstić information content (AvgIpc) is 2.45. The summed E-state index contributed by atoms with van der Waals surface area (Å²) in [5.41, 5.74) is 8.16. The average molecular weight is 274 g/mol. The Hall–Kier alpha value is -2.21. The van der Waals surface area contributed by atoms with E-state index in [1.54, 1.807) is 6.07 Å². The van der Waals surface area contributed by atoms with Gasteiger partial charge in [0, 0.05) is 6.54 Å². The molecule has 2 N–H and O–H groups in total. The Bertz CT molecular complexity index is 602. The summed E-state index contributed by atoms with van der Waals surface area (Å²) in [6.07, 6.45) is 0. The van der Waals surface area contributed by atoms with Crippen LogP contribution in [0.1, 0.15) is 23.9 Å². The molecule has 0 saturated heterocycles. The van der Waals surface area contributed by atoms with Gasteiger partial charge in [0.05, 0.1) is 18.0 Å². The Balaban J connectivity index is 2.29. The number of benzene rings is 1. The van der Waals surface area contributed by atoms with E-state index in [1.165, 1.54) is 0 Å². The Labute approximate surface area is 118 Å². The van der Waals surface area contributed by atoms with Crippen LogP contribution in [0.25, 0.3) is 0 Å². The lowest BCUT2D eigenvalue weighted by Crippen LogP contribution is -2.03. The summed E-state index contributed by atoms with van der Waals surface area (Å²) in [4.78, 5) is 4.24. The maximum atomic E-state index is 5.65. The minimum atomic E-state index is 0.203. The van der Waals surface area contributed by atoms with Crippen molar-refractivity contribution in [1.29, 1.82) is 0 Å². The Morgan fingerprint density at radius 3 is 2.55 bits per heavy atom. The third-order valence-corrected chi connectivity index (χ3v) is 2.82. The zero-order chi connectivity index (χ0) is 14.5. The lowest BCUT2D eigenvalue weighted by atomic mass is 10.2. The number of hydrogen-bond acceptors (Lipinski definition) is 6. The molecular weight excluding hydrogens is 256 g/mol. The predicted molar refractivity (Wildman–Crippen MR) is 74.9 cm³/mol. The van der Waals surface area contributed by atoms with Gasteiger partial charge in [0.15, 0.2) is 11.5 Å². The van der Waals surface area contributed by atoms with E-state index in [0.29, 0.717) is 24.7 Å². The predicted octanol–water partition coefficient (Wildman–Crippen LogP) is 2.14. The normalized spacial score (nSPS) is 10.4. The highest BCUT2D eigenvalue weighted by molar-refractivity contribution is 5.44. The molecule has 0 radical (unpaired) electrons. The van der Waals surface area contributed by atoms with Gasteiger partial charge in [-0.15, -0.1) is 5.10 Å². The summed E-state index contributed by atoms with van der Waals surface area (Å²) in [5, 5.41) is 7.90. The smallest absolute Gasteiger partial charge is 0.341 e. The van der Waals surface area contributed by atoms with Crippen LogP contribution in [0.2, 0.25) is 0 Å². The van der Waals surface area contributed by atoms with Gasteiger partial charge in [-0.25, -0.2) is 0 Å². The first-order valence-electron chi connectivity index (χ1n) is 6.45. The minimum Gasteiger partial charge on any atom is -0.490 e. The molecule has 1 aromatic heterocycles. The van der Waals surface area contributed by atoms with Gasteiger partial charge >= 0.3 is 6.01 Å². The molecule has 20 heavy (non-hydrogen) atoms. The third kappa shape index (κ3) is 3.21. The molecular formula is C14H18N4O2. The Kier molecular flexibility index (Phi) is 4.47. The second kappa shape index (κ2) is 6.29. The highest BCUT2D eigenvalue weighted by atomic mass is 16.5. The fourth-order valence-electron chi connectivity index (χ4n) is 1.61. The number of aryl methyl sites for hydroxylation is 2. The summed E-state index contributed by atoms with van der Waals surface area (Å²) in [6, 6.07) is 5.74. The van der Waals surface area contributed by atoms with Crippen molar-refractivity contribution >= 4 is 0 Å². The number of rotatable bonds is 5. The topological polar surface area (TPSA) is 83.2 Å². The highest BCUT2D eigenvalue weighted by Crippen LogP contribution is 2.31. The van der Waals surface area contributed by atoms with Crippen molar-refractivity contribution in [3.05, 3.63) is 35.2 Å². The SMILES string of the molecule is CCOc1cc(CN)ccc1Oc1nnc(C)c(C)n1. The van der Waals surface area contributed by atoms with Gasteiger partial charge in [-0.2, -0.15) is 4.98 Å². The van der Waals surface area contributed by atoms with Crippen LogP contribution in [-0.4, -0.2) is 21.8 Å². The van der Waals surface area contributed by atoms with Gasteiger partial charge < -0.3 is 15.2 Å². The second-order valence-electron chi connectivity index (χ2n) is 4.29. The van der Waals surface area contributed by atoms with Crippen LogP contribution >= 0.6 is 0 Å². The number of ether oxygens (including phenoxy) is 2. The van der Waals surface area contributed by atoms with Crippen molar-refractivity contribution in [3.63, 3.8) is 0 Å². The molecule has 0 fully saturated rings. The second-order valence-corrected chi connectivity index (χ2v) is 4.29. The van der Waals surface area contributed by atoms with Gasteiger partial charge in [-0.3, -0.25) is 0 Å². The van der Waals surface area contributed by atoms with E-state index in [4.69, 9.17) is 15.2 Å². The molecule has 1 heterocycles. The molecule has 2 aromatic rings. The summed E-state index contributed by atoms with van der Waals surface area (Å²) in [7, 11) is 0. The van der Waals surface area contributed by atoms with E-state index in [2.05, 4.69) is 15.2 Å². The molecule has 0 saturated carbocycles. The lowest BCUT2D eigenvalue weighted by molar-refractivity contribution is 0.315. The first kappa shape index (κ1) is 14.2. The fourth-order valence-corrected chi connectivity index (χ4v) is 1.61. The summed E-state index contributed by atoms with van der Waals surface area (Å²) >= 11 is 0. The lowest BCUT2D eigenvalue weighted by Gasteiger charge is -2.11. The minimum absolute atomic E-state index is 0.203. The van der Waals surface area contributed by atoms with Crippen molar-refractivity contribution in [2.45, 2.75) is 27.3 Å². The molecule has 0 aliphatic heterocycles. The molecule has 6 heteroatoms. The zero-order valence-corrected chi connectivity index (χ0v) is 11.9. The van der Waals surface area contributed by atoms with Crippen LogP contribution < -0.4 is 15.2 Å². The Morgan fingerprint density at radius 2 is 1.90 bits per heavy atom. The molecule has 1 aromatic carbocycles. The van der Waals surface area contributed by atoms with Gasteiger partial charge in [-0.1, -0.05) is 11.2 Å². The molecule has 2 rings (SSSR count). The van der Waals surface area contributed by atoms with Crippen LogP contribution in [0, 0.1) is 13.8 Å². The summed E-state index contributed by atoms with van der Waals surface area (Å²) < 4.78 is 11.2. The molecule has 0 aliphatic rings. The van der Waals surface area contributed by atoms with Gasteiger partial charge in [0.1, 0.15) is 0 Å². The van der Waals surface area contributed by atoms with Gasteiger partial charge in [-0.05, 0) is 38.5 Å². The molecule has 0 amide bonds. The highest BCUT2D eigenvalue weighted by Gasteiger charge is 2.10. The molecule has 0 atom stereocenters. The number of nitrogens with two attached hydrogens (primary N) is 1. The van der Waals surface area contributed by atoms with E-state index in [9.17, 15) is 0 Å². The molecule has 0 bridgehead atoms. The number of aromatic nitrogens is 3. The van der Waals surface area contributed by atoms with E-state index in [-0.39, 0.29) is 6.01 Å². The van der Waals surface area contributed by atoms with Crippen LogP contribution in [-0.2, 0) is 6.54 Å². The molecule has 0 aliphatic carbocycles. The van der Waals surface area contributed by atoms with Crippen LogP contribution in [0.4, 0.5) is 0 Å². The first-order chi connectivity index (χ1) is 9.63. The third-order valence-electron chi connectivity index (χ3n) is 2.82. The molecule has 6 nitrogen and oxygen atoms in total. The molecule has 0 unspecified atom stereocenters. The van der Waals surface area contributed by atoms with Crippen LogP contribution in [0.5, 0.6) is 17.5 Å². The Morgan fingerprint density at radius 1 is 1.10 bits per heavy atom. The molecule has 106 valence electrons. The number of nitrogens with zero attached hydrogens (tertiary/aromatic N) is 3. The van der Waals surface area contributed by atoms with Gasteiger partial charge in [0.25, 0.3) is 0 Å². The quantitative estimate of drug-likeness (QED) is 0.899. The van der Waals surface area contributed by atoms with Crippen LogP contribution in [0.15, 0.2) is 18.2 Å². The van der Waals surface area contributed by atoms with E-state index >= 15 is 0 Å². The van der Waals surface area contributed by atoms with Crippen molar-refractivity contribution in [2.24, 2.45) is 5.73 Å². The monoisotopic (exact) mass is 274 g/mol. The summed E-state index contributed by atoms with van der Waals surface area (Å²) in [5.74, 6) is 1.17. The maximum absolute atomic E-state index is 5.65. The standard InChI is InChI=1S/C14H18N4O2/c1-4-19-13-7-11(8-15)5-6-12(13)20-14-16-9(2)10(3)17-18-14/h5-7H,4,8,15H2,1-3H3. The van der Waals surface area contributed by atoms with E-state index in [1.807, 2.05) is 32.9 Å². The van der Waals surface area contributed by atoms with E-state index < -0.39 is 0 Å². The number of hydrogen-bond donors (Lipinski definition) is 1. The van der Waals surface area contributed by atoms with Gasteiger partial charge in [0.2, 0.25) is 0 Å². The van der Waals surface area contributed by atoms with Crippen molar-refractivity contribution in [1.82, 2.24) is 15.2 Å². The largest absolute Gasteiger partial charge is 0.490 e. The maximum Gasteiger partial charge on any atom is 0.341 e. The summed E-state index contributed by atoms with van der Waals surface area (Å²) in [6.45, 7) is 6.60. The van der Waals surface area contributed by atoms with Crippen molar-refractivity contribution < 1.29 is 9.47 Å². The molecule has 0 spiro atoms. The first-order valence-corrected chi connectivity index (χ1v) is 6.45. The zero-order valence-electron chi connectivity index (χ0n) is 11.9. The van der Waals surface area contributed by atoms with Crippen molar-refractivity contribution in [2.75, 3.05) is 6.61 Å².